The molecule has 0 fully saturated rings. The Bertz CT molecular complexity index is 1100. The lowest BCUT2D eigenvalue weighted by Crippen LogP contribution is -2.42. The molecule has 1 aromatic carbocycles. The van der Waals surface area contributed by atoms with Gasteiger partial charge in [0.1, 0.15) is 9.71 Å². The molecular weight excluding hydrogens is 392 g/mol. The zero-order valence-electron chi connectivity index (χ0n) is 17.3. The first-order valence-electron chi connectivity index (χ1n) is 10.2. The molecule has 0 aliphatic rings. The topological polar surface area (TPSA) is 50.2 Å². The van der Waals surface area contributed by atoms with Gasteiger partial charge in [0.2, 0.25) is 0 Å². The second-order valence-electron chi connectivity index (χ2n) is 7.49. The maximum atomic E-state index is 13.3. The Balaban J connectivity index is 1.52. The molecule has 154 valence electrons. The van der Waals surface area contributed by atoms with Crippen molar-refractivity contribution in [3.05, 3.63) is 83.6 Å². The van der Waals surface area contributed by atoms with Crippen LogP contribution < -0.4 is 5.32 Å². The molecule has 4 rings (SSSR count). The second kappa shape index (κ2) is 9.24. The largest absolute Gasteiger partial charge is 0.347 e. The molecule has 0 aliphatic carbocycles. The lowest BCUT2D eigenvalue weighted by atomic mass is 10.1. The Morgan fingerprint density at radius 2 is 1.90 bits per heavy atom. The molecule has 0 spiro atoms. The van der Waals surface area contributed by atoms with Gasteiger partial charge in [-0.1, -0.05) is 37.3 Å². The summed E-state index contributed by atoms with van der Waals surface area (Å²) in [6, 6.07) is 18.3. The van der Waals surface area contributed by atoms with Crippen molar-refractivity contribution >= 4 is 27.5 Å². The normalized spacial score (nSPS) is 12.4. The third-order valence-electron chi connectivity index (χ3n) is 5.16. The lowest BCUT2D eigenvalue weighted by molar-refractivity contribution is 0.0930. The molecule has 1 N–H and O–H groups in total. The van der Waals surface area contributed by atoms with Crippen LogP contribution in [-0.4, -0.2) is 40.0 Å². The Kier molecular flexibility index (Phi) is 6.26. The van der Waals surface area contributed by atoms with Crippen LogP contribution in [-0.2, 0) is 6.54 Å². The minimum Gasteiger partial charge on any atom is -0.347 e. The van der Waals surface area contributed by atoms with E-state index in [1.165, 1.54) is 16.9 Å². The summed E-state index contributed by atoms with van der Waals surface area (Å²) in [7, 11) is 2.09. The first kappa shape index (κ1) is 20.3. The number of aromatic nitrogens is 2. The van der Waals surface area contributed by atoms with Crippen molar-refractivity contribution in [3.63, 3.8) is 0 Å². The van der Waals surface area contributed by atoms with Gasteiger partial charge in [0.25, 0.3) is 5.91 Å². The fraction of sp³-hybridized carbons (Fsp3) is 0.250. The molecule has 0 aliphatic heterocycles. The fourth-order valence-electron chi connectivity index (χ4n) is 3.68. The summed E-state index contributed by atoms with van der Waals surface area (Å²) in [4.78, 5) is 21.6. The van der Waals surface area contributed by atoms with Crippen LogP contribution in [0.5, 0.6) is 0 Å². The van der Waals surface area contributed by atoms with Gasteiger partial charge in [0, 0.05) is 43.1 Å². The number of nitrogens with one attached hydrogen (secondary N) is 1. The van der Waals surface area contributed by atoms with Crippen LogP contribution in [0.15, 0.2) is 73.2 Å². The second-order valence-corrected chi connectivity index (χ2v) is 8.49. The van der Waals surface area contributed by atoms with Crippen LogP contribution in [0, 0.1) is 0 Å². The number of carbonyl (C=O) groups is 1. The quantitative estimate of drug-likeness (QED) is 0.450. The van der Waals surface area contributed by atoms with E-state index in [-0.39, 0.29) is 11.9 Å². The van der Waals surface area contributed by atoms with Crippen LogP contribution in [0.25, 0.3) is 15.9 Å². The Morgan fingerprint density at radius 3 is 2.63 bits per heavy atom. The van der Waals surface area contributed by atoms with E-state index in [4.69, 9.17) is 0 Å². The molecule has 1 amide bonds. The molecule has 1 unspecified atom stereocenters. The van der Waals surface area contributed by atoms with E-state index >= 15 is 0 Å². The van der Waals surface area contributed by atoms with Crippen molar-refractivity contribution in [2.24, 2.45) is 0 Å². The van der Waals surface area contributed by atoms with Crippen molar-refractivity contribution in [2.75, 3.05) is 13.6 Å². The first-order valence-corrected chi connectivity index (χ1v) is 11.0. The molecule has 0 radical (unpaired) electrons. The molecule has 6 heteroatoms. The number of rotatable bonds is 8. The summed E-state index contributed by atoms with van der Waals surface area (Å²) in [5, 5.41) is 4.25. The molecule has 0 saturated carbocycles. The van der Waals surface area contributed by atoms with Crippen LogP contribution in [0.4, 0.5) is 0 Å². The van der Waals surface area contributed by atoms with Crippen molar-refractivity contribution in [2.45, 2.75) is 25.9 Å². The minimum atomic E-state index is -0.0401. The van der Waals surface area contributed by atoms with Crippen molar-refractivity contribution in [3.8, 4) is 5.69 Å². The molecule has 3 aromatic heterocycles. The van der Waals surface area contributed by atoms with E-state index in [0.29, 0.717) is 4.88 Å². The predicted octanol–water partition coefficient (Wildman–Crippen LogP) is 4.73. The molecule has 3 heterocycles. The van der Waals surface area contributed by atoms with E-state index in [1.807, 2.05) is 47.3 Å². The van der Waals surface area contributed by atoms with Gasteiger partial charge in [0.15, 0.2) is 0 Å². The number of pyridine rings is 1. The van der Waals surface area contributed by atoms with E-state index in [2.05, 4.69) is 53.4 Å². The van der Waals surface area contributed by atoms with E-state index in [9.17, 15) is 4.79 Å². The standard InChI is InChI=1S/C24H26N4OS/c1-3-19(17-27(2)16-18-10-5-4-6-11-18)26-23(29)22-21(28-14-7-8-15-28)20-12-9-13-25-24(20)30-22/h4-15,19H,3,16-17H2,1-2H3,(H,26,29). The number of benzene rings is 1. The van der Waals surface area contributed by atoms with Crippen molar-refractivity contribution < 1.29 is 4.79 Å². The van der Waals surface area contributed by atoms with Crippen LogP contribution >= 0.6 is 11.3 Å². The number of likely N-dealkylation sites (N-methyl/N-ethyl adjacent to an activating group) is 1. The highest BCUT2D eigenvalue weighted by Gasteiger charge is 2.22. The summed E-state index contributed by atoms with van der Waals surface area (Å²) >= 11 is 1.45. The minimum absolute atomic E-state index is 0.0401. The van der Waals surface area contributed by atoms with E-state index in [0.717, 1.165) is 35.4 Å². The number of hydrogen-bond donors (Lipinski definition) is 1. The molecule has 30 heavy (non-hydrogen) atoms. The number of hydrogen-bond acceptors (Lipinski definition) is 4. The van der Waals surface area contributed by atoms with Gasteiger partial charge in [-0.15, -0.1) is 11.3 Å². The zero-order chi connectivity index (χ0) is 20.9. The molecular formula is C24H26N4OS. The number of carbonyl (C=O) groups excluding carboxylic acids is 1. The van der Waals surface area contributed by atoms with Crippen molar-refractivity contribution in [1.82, 2.24) is 19.8 Å². The van der Waals surface area contributed by atoms with Gasteiger partial charge in [0.05, 0.1) is 5.69 Å². The maximum absolute atomic E-state index is 13.3. The lowest BCUT2D eigenvalue weighted by Gasteiger charge is -2.24. The summed E-state index contributed by atoms with van der Waals surface area (Å²) < 4.78 is 2.00. The molecule has 1 atom stereocenters. The van der Waals surface area contributed by atoms with Gasteiger partial charge >= 0.3 is 0 Å². The number of nitrogens with zero attached hydrogens (tertiary/aromatic N) is 3. The molecule has 0 saturated heterocycles. The summed E-state index contributed by atoms with van der Waals surface area (Å²) in [5.41, 5.74) is 2.17. The maximum Gasteiger partial charge on any atom is 0.263 e. The Labute approximate surface area is 181 Å². The summed E-state index contributed by atoms with van der Waals surface area (Å²) in [5.74, 6) is -0.0401. The van der Waals surface area contributed by atoms with E-state index in [1.54, 1.807) is 6.20 Å². The number of amides is 1. The van der Waals surface area contributed by atoms with Crippen LogP contribution in [0.2, 0.25) is 0 Å². The van der Waals surface area contributed by atoms with Crippen LogP contribution in [0.1, 0.15) is 28.6 Å². The summed E-state index contributed by atoms with van der Waals surface area (Å²) in [6.45, 7) is 3.76. The van der Waals surface area contributed by atoms with Crippen LogP contribution in [0.3, 0.4) is 0 Å². The fourth-order valence-corrected chi connectivity index (χ4v) is 4.72. The molecule has 0 bridgehead atoms. The number of fused-ring (bicyclic) bond motifs is 1. The highest BCUT2D eigenvalue weighted by atomic mass is 32.1. The summed E-state index contributed by atoms with van der Waals surface area (Å²) in [6.07, 6.45) is 6.58. The van der Waals surface area contributed by atoms with Gasteiger partial charge in [-0.3, -0.25) is 4.79 Å². The number of thiophene rings is 1. The average Bonchev–Trinajstić information content (AvgIpc) is 3.41. The highest BCUT2D eigenvalue weighted by molar-refractivity contribution is 7.21. The Morgan fingerprint density at radius 1 is 1.13 bits per heavy atom. The molecule has 4 aromatic rings. The van der Waals surface area contributed by atoms with Gasteiger partial charge in [-0.25, -0.2) is 4.98 Å². The van der Waals surface area contributed by atoms with Gasteiger partial charge in [-0.05, 0) is 43.3 Å². The molecule has 5 nitrogen and oxygen atoms in total. The van der Waals surface area contributed by atoms with Gasteiger partial charge < -0.3 is 14.8 Å². The highest BCUT2D eigenvalue weighted by Crippen LogP contribution is 2.33. The Hall–Kier alpha value is -2.96. The SMILES string of the molecule is CCC(CN(C)Cc1ccccc1)NC(=O)c1sc2ncccc2c1-n1cccc1. The zero-order valence-corrected chi connectivity index (χ0v) is 18.1. The van der Waals surface area contributed by atoms with Gasteiger partial charge in [-0.2, -0.15) is 0 Å². The third-order valence-corrected chi connectivity index (χ3v) is 6.27. The predicted molar refractivity (Wildman–Crippen MR) is 123 cm³/mol. The van der Waals surface area contributed by atoms with E-state index < -0.39 is 0 Å². The third kappa shape index (κ3) is 4.45. The van der Waals surface area contributed by atoms with Crippen molar-refractivity contribution in [1.29, 1.82) is 0 Å². The average molecular weight is 419 g/mol. The smallest absolute Gasteiger partial charge is 0.263 e. The first-order chi connectivity index (χ1) is 14.7. The monoisotopic (exact) mass is 418 g/mol.